The standard InChI is InChI=1S/C11H15ClN2O2S/c1-16-10(15)9-4-2-3-5-14(9)7-8-6-13-11(12)17-8/h6,9H,2-5,7H2,1H3. The average molecular weight is 275 g/mol. The number of carbonyl (C=O) groups is 1. The number of methoxy groups -OCH3 is 1. The number of halogens is 1. The first kappa shape index (κ1) is 12.8. The molecule has 4 nitrogen and oxygen atoms in total. The van der Waals surface area contributed by atoms with Crippen LogP contribution in [0.1, 0.15) is 24.1 Å². The SMILES string of the molecule is COC(=O)C1CCCCN1Cc1cnc(Cl)s1. The molecule has 94 valence electrons. The van der Waals surface area contributed by atoms with Gasteiger partial charge in [-0.25, -0.2) is 4.98 Å². The van der Waals surface area contributed by atoms with Crippen molar-refractivity contribution in [3.63, 3.8) is 0 Å². The highest BCUT2D eigenvalue weighted by molar-refractivity contribution is 7.15. The van der Waals surface area contributed by atoms with Gasteiger partial charge in [-0.3, -0.25) is 9.69 Å². The molecule has 1 saturated heterocycles. The van der Waals surface area contributed by atoms with Crippen LogP contribution < -0.4 is 0 Å². The number of carbonyl (C=O) groups excluding carboxylic acids is 1. The maximum atomic E-state index is 11.7. The summed E-state index contributed by atoms with van der Waals surface area (Å²) in [5, 5.41) is 0. The molecule has 17 heavy (non-hydrogen) atoms. The highest BCUT2D eigenvalue weighted by Gasteiger charge is 2.29. The van der Waals surface area contributed by atoms with Crippen molar-refractivity contribution in [1.29, 1.82) is 0 Å². The molecule has 0 spiro atoms. The Bertz CT molecular complexity index is 397. The fourth-order valence-corrected chi connectivity index (χ4v) is 3.14. The Morgan fingerprint density at radius 1 is 1.71 bits per heavy atom. The van der Waals surface area contributed by atoms with Gasteiger partial charge in [-0.2, -0.15) is 0 Å². The quantitative estimate of drug-likeness (QED) is 0.794. The molecule has 1 aromatic heterocycles. The Hall–Kier alpha value is -0.650. The number of hydrogen-bond acceptors (Lipinski definition) is 5. The zero-order valence-corrected chi connectivity index (χ0v) is 11.3. The molecule has 1 aliphatic rings. The molecule has 1 aromatic rings. The molecular weight excluding hydrogens is 260 g/mol. The average Bonchev–Trinajstić information content (AvgIpc) is 2.74. The van der Waals surface area contributed by atoms with Crippen LogP contribution >= 0.6 is 22.9 Å². The highest BCUT2D eigenvalue weighted by Crippen LogP contribution is 2.24. The lowest BCUT2D eigenvalue weighted by Gasteiger charge is -2.33. The fourth-order valence-electron chi connectivity index (χ4n) is 2.14. The monoisotopic (exact) mass is 274 g/mol. The van der Waals surface area contributed by atoms with Crippen LogP contribution in [0.5, 0.6) is 0 Å². The van der Waals surface area contributed by atoms with Crippen molar-refractivity contribution >= 4 is 28.9 Å². The van der Waals surface area contributed by atoms with Gasteiger partial charge in [0.05, 0.1) is 7.11 Å². The third-order valence-electron chi connectivity index (χ3n) is 2.97. The van der Waals surface area contributed by atoms with Gasteiger partial charge < -0.3 is 4.74 Å². The number of hydrogen-bond donors (Lipinski definition) is 0. The molecule has 6 heteroatoms. The minimum atomic E-state index is -0.139. The van der Waals surface area contributed by atoms with E-state index < -0.39 is 0 Å². The Kier molecular flexibility index (Phi) is 4.36. The third kappa shape index (κ3) is 3.18. The third-order valence-corrected chi connectivity index (χ3v) is 4.07. The molecular formula is C11H15ClN2O2S. The lowest BCUT2D eigenvalue weighted by Crippen LogP contribution is -2.44. The van der Waals surface area contributed by atoms with Crippen molar-refractivity contribution in [2.24, 2.45) is 0 Å². The molecule has 0 saturated carbocycles. The van der Waals surface area contributed by atoms with E-state index in [1.54, 1.807) is 6.20 Å². The van der Waals surface area contributed by atoms with Gasteiger partial charge in [0.25, 0.3) is 0 Å². The number of ether oxygens (including phenoxy) is 1. The van der Waals surface area contributed by atoms with Gasteiger partial charge in [-0.15, -0.1) is 11.3 Å². The fraction of sp³-hybridized carbons (Fsp3) is 0.636. The number of thiazole rings is 1. The van der Waals surface area contributed by atoms with Gasteiger partial charge in [0.2, 0.25) is 0 Å². The predicted molar refractivity (Wildman–Crippen MR) is 67.2 cm³/mol. The summed E-state index contributed by atoms with van der Waals surface area (Å²) in [5.41, 5.74) is 0. The predicted octanol–water partition coefficient (Wildman–Crippen LogP) is 2.32. The maximum Gasteiger partial charge on any atom is 0.323 e. The molecule has 1 aliphatic heterocycles. The minimum Gasteiger partial charge on any atom is -0.468 e. The molecule has 2 heterocycles. The van der Waals surface area contributed by atoms with Gasteiger partial charge in [-0.1, -0.05) is 18.0 Å². The Morgan fingerprint density at radius 3 is 3.18 bits per heavy atom. The lowest BCUT2D eigenvalue weighted by atomic mass is 10.0. The highest BCUT2D eigenvalue weighted by atomic mass is 35.5. The number of aromatic nitrogens is 1. The Balaban J connectivity index is 2.03. The first-order chi connectivity index (χ1) is 8.20. The van der Waals surface area contributed by atoms with Crippen LogP contribution in [0.3, 0.4) is 0 Å². The molecule has 0 aliphatic carbocycles. The normalized spacial score (nSPS) is 21.4. The number of nitrogens with zero attached hydrogens (tertiary/aromatic N) is 2. The molecule has 1 unspecified atom stereocenters. The number of rotatable bonds is 3. The van der Waals surface area contributed by atoms with Crippen LogP contribution in [0.15, 0.2) is 6.20 Å². The van der Waals surface area contributed by atoms with Crippen molar-refractivity contribution < 1.29 is 9.53 Å². The lowest BCUT2D eigenvalue weighted by molar-refractivity contribution is -0.148. The van der Waals surface area contributed by atoms with Crippen molar-refractivity contribution in [3.8, 4) is 0 Å². The summed E-state index contributed by atoms with van der Waals surface area (Å²) in [6.45, 7) is 1.65. The molecule has 0 amide bonds. The van der Waals surface area contributed by atoms with E-state index in [1.165, 1.54) is 18.4 Å². The van der Waals surface area contributed by atoms with E-state index in [4.69, 9.17) is 16.3 Å². The largest absolute Gasteiger partial charge is 0.468 e. The summed E-state index contributed by atoms with van der Waals surface area (Å²) >= 11 is 7.26. The van der Waals surface area contributed by atoms with Crippen LogP contribution in [0.25, 0.3) is 0 Å². The van der Waals surface area contributed by atoms with E-state index in [0.717, 1.165) is 37.2 Å². The summed E-state index contributed by atoms with van der Waals surface area (Å²) in [4.78, 5) is 18.9. The summed E-state index contributed by atoms with van der Waals surface area (Å²) in [5.74, 6) is -0.139. The molecule has 2 rings (SSSR count). The van der Waals surface area contributed by atoms with E-state index in [1.807, 2.05) is 0 Å². The van der Waals surface area contributed by atoms with Gasteiger partial charge in [0, 0.05) is 17.6 Å². The Morgan fingerprint density at radius 2 is 2.53 bits per heavy atom. The second kappa shape index (κ2) is 5.80. The number of piperidine rings is 1. The molecule has 0 bridgehead atoms. The van der Waals surface area contributed by atoms with Crippen LogP contribution in [0.4, 0.5) is 0 Å². The van der Waals surface area contributed by atoms with Crippen LogP contribution in [-0.4, -0.2) is 35.5 Å². The van der Waals surface area contributed by atoms with Gasteiger partial charge in [-0.05, 0) is 19.4 Å². The maximum absolute atomic E-state index is 11.7. The van der Waals surface area contributed by atoms with Crippen LogP contribution in [-0.2, 0) is 16.1 Å². The number of likely N-dealkylation sites (tertiary alicyclic amines) is 1. The van der Waals surface area contributed by atoms with Crippen molar-refractivity contribution in [2.75, 3.05) is 13.7 Å². The zero-order valence-electron chi connectivity index (χ0n) is 9.69. The molecule has 0 N–H and O–H groups in total. The first-order valence-corrected chi connectivity index (χ1v) is 6.82. The van der Waals surface area contributed by atoms with E-state index >= 15 is 0 Å². The summed E-state index contributed by atoms with van der Waals surface area (Å²) < 4.78 is 5.39. The van der Waals surface area contributed by atoms with E-state index in [9.17, 15) is 4.79 Å². The summed E-state index contributed by atoms with van der Waals surface area (Å²) in [6.07, 6.45) is 4.86. The summed E-state index contributed by atoms with van der Waals surface area (Å²) in [7, 11) is 1.44. The second-order valence-corrected chi connectivity index (χ2v) is 5.78. The Labute approximate surface area is 110 Å². The summed E-state index contributed by atoms with van der Waals surface area (Å²) in [6, 6.07) is -0.116. The van der Waals surface area contributed by atoms with E-state index in [2.05, 4.69) is 9.88 Å². The van der Waals surface area contributed by atoms with Gasteiger partial charge in [0.15, 0.2) is 4.47 Å². The van der Waals surface area contributed by atoms with Crippen LogP contribution in [0, 0.1) is 0 Å². The van der Waals surface area contributed by atoms with E-state index in [0.29, 0.717) is 4.47 Å². The topological polar surface area (TPSA) is 42.4 Å². The first-order valence-electron chi connectivity index (χ1n) is 5.63. The number of esters is 1. The molecule has 1 fully saturated rings. The van der Waals surface area contributed by atoms with E-state index in [-0.39, 0.29) is 12.0 Å². The zero-order chi connectivity index (χ0) is 12.3. The minimum absolute atomic E-state index is 0.116. The smallest absolute Gasteiger partial charge is 0.323 e. The molecule has 0 aromatic carbocycles. The van der Waals surface area contributed by atoms with Crippen LogP contribution in [0.2, 0.25) is 4.47 Å². The molecule has 0 radical (unpaired) electrons. The van der Waals surface area contributed by atoms with Crippen molar-refractivity contribution in [2.45, 2.75) is 31.8 Å². The second-order valence-electron chi connectivity index (χ2n) is 4.08. The molecule has 1 atom stereocenters. The van der Waals surface area contributed by atoms with Crippen molar-refractivity contribution in [3.05, 3.63) is 15.5 Å². The van der Waals surface area contributed by atoms with Crippen molar-refractivity contribution in [1.82, 2.24) is 9.88 Å². The van der Waals surface area contributed by atoms with Gasteiger partial charge in [0.1, 0.15) is 6.04 Å². The van der Waals surface area contributed by atoms with Gasteiger partial charge >= 0.3 is 5.97 Å².